The molecule has 0 saturated carbocycles. The van der Waals surface area contributed by atoms with Gasteiger partial charge in [0, 0.05) is 26.3 Å². The number of nitrogens with zero attached hydrogens (tertiary/aromatic N) is 4. The molecule has 3 aromatic carbocycles. The highest BCUT2D eigenvalue weighted by atomic mass is 79.9. The summed E-state index contributed by atoms with van der Waals surface area (Å²) in [7, 11) is 0. The van der Waals surface area contributed by atoms with Crippen molar-refractivity contribution in [3.8, 4) is 22.8 Å². The number of aromatic nitrogens is 3. The van der Waals surface area contributed by atoms with E-state index < -0.39 is 0 Å². The summed E-state index contributed by atoms with van der Waals surface area (Å²) in [5, 5.41) is 23.4. The number of halogens is 2. The minimum Gasteiger partial charge on any atom is -0.507 e. The van der Waals surface area contributed by atoms with E-state index in [9.17, 15) is 9.90 Å². The smallest absolute Gasteiger partial charge is 0.250 e. The van der Waals surface area contributed by atoms with Crippen molar-refractivity contribution in [1.29, 1.82) is 0 Å². The molecule has 0 saturated heterocycles. The van der Waals surface area contributed by atoms with E-state index in [4.69, 9.17) is 11.6 Å². The van der Waals surface area contributed by atoms with Gasteiger partial charge in [-0.25, -0.2) is 5.43 Å². The summed E-state index contributed by atoms with van der Waals surface area (Å²) in [6.45, 7) is 0. The number of amides is 1. The number of phenols is 1. The maximum absolute atomic E-state index is 12.3. The van der Waals surface area contributed by atoms with Crippen LogP contribution in [0.3, 0.4) is 0 Å². The van der Waals surface area contributed by atoms with Gasteiger partial charge in [0.1, 0.15) is 5.75 Å². The van der Waals surface area contributed by atoms with E-state index in [1.807, 2.05) is 59.2 Å². The summed E-state index contributed by atoms with van der Waals surface area (Å²) in [6.07, 6.45) is 1.33. The average Bonchev–Trinajstić information content (AvgIpc) is 3.24. The van der Waals surface area contributed by atoms with Crippen LogP contribution in [-0.4, -0.2) is 37.7 Å². The number of carbonyl (C=O) groups excluding carboxylic acids is 1. The zero-order valence-electron chi connectivity index (χ0n) is 17.0. The lowest BCUT2D eigenvalue weighted by molar-refractivity contribution is -0.118. The predicted molar refractivity (Wildman–Crippen MR) is 134 cm³/mol. The fourth-order valence-corrected chi connectivity index (χ4v) is 4.28. The Kier molecular flexibility index (Phi) is 7.43. The van der Waals surface area contributed by atoms with Gasteiger partial charge in [-0.15, -0.1) is 10.2 Å². The molecule has 1 aromatic heterocycles. The quantitative estimate of drug-likeness (QED) is 0.188. The molecule has 4 aromatic rings. The standard InChI is InChI=1S/C23H17BrClN5O2S/c24-17-6-4-5-15(11-17)22-28-29-23(30(22)19-7-2-1-3-8-19)33-14-21(32)27-26-13-16-12-18(25)9-10-20(16)31/h1-13,31H,14H2,(H,27,32)/b26-13+. The van der Waals surface area contributed by atoms with Crippen molar-refractivity contribution in [1.82, 2.24) is 20.2 Å². The third kappa shape index (κ3) is 5.81. The molecule has 0 fully saturated rings. The Hall–Kier alpha value is -3.14. The minimum absolute atomic E-state index is 0.0165. The van der Waals surface area contributed by atoms with Crippen LogP contribution in [0, 0.1) is 0 Å². The second-order valence-electron chi connectivity index (χ2n) is 6.77. The fraction of sp³-hybridized carbons (Fsp3) is 0.0435. The highest BCUT2D eigenvalue weighted by molar-refractivity contribution is 9.10. The minimum atomic E-state index is -0.329. The Balaban J connectivity index is 1.50. The Bertz CT molecular complexity index is 1310. The zero-order chi connectivity index (χ0) is 23.2. The molecule has 10 heteroatoms. The molecular weight excluding hydrogens is 526 g/mol. The summed E-state index contributed by atoms with van der Waals surface area (Å²) in [6, 6.07) is 22.1. The number of hydrogen-bond donors (Lipinski definition) is 2. The topological polar surface area (TPSA) is 92.4 Å². The van der Waals surface area contributed by atoms with Crippen LogP contribution < -0.4 is 5.43 Å². The Morgan fingerprint density at radius 3 is 2.73 bits per heavy atom. The van der Waals surface area contributed by atoms with Crippen molar-refractivity contribution < 1.29 is 9.90 Å². The summed E-state index contributed by atoms with van der Waals surface area (Å²) in [5.74, 6) is 0.426. The number of para-hydroxylation sites is 1. The van der Waals surface area contributed by atoms with Crippen molar-refractivity contribution in [2.75, 3.05) is 5.75 Å². The number of carbonyl (C=O) groups is 1. The first kappa shape index (κ1) is 23.0. The van der Waals surface area contributed by atoms with E-state index in [-0.39, 0.29) is 17.4 Å². The van der Waals surface area contributed by atoms with E-state index in [0.29, 0.717) is 21.6 Å². The molecule has 0 spiro atoms. The molecule has 7 nitrogen and oxygen atoms in total. The van der Waals surface area contributed by atoms with E-state index in [1.165, 1.54) is 24.0 Å². The molecule has 0 aliphatic carbocycles. The van der Waals surface area contributed by atoms with Crippen LogP contribution in [0.1, 0.15) is 5.56 Å². The summed E-state index contributed by atoms with van der Waals surface area (Å²) in [4.78, 5) is 12.3. The van der Waals surface area contributed by atoms with Crippen LogP contribution in [0.25, 0.3) is 17.1 Å². The van der Waals surface area contributed by atoms with Crippen molar-refractivity contribution >= 4 is 51.4 Å². The Labute approximate surface area is 207 Å². The summed E-state index contributed by atoms with van der Waals surface area (Å²) in [5.41, 5.74) is 4.62. The zero-order valence-corrected chi connectivity index (χ0v) is 20.2. The van der Waals surface area contributed by atoms with Crippen molar-refractivity contribution in [3.63, 3.8) is 0 Å². The second-order valence-corrected chi connectivity index (χ2v) is 9.07. The predicted octanol–water partition coefficient (Wildman–Crippen LogP) is 5.30. The third-order valence-corrected chi connectivity index (χ3v) is 6.10. The molecular formula is C23H17BrClN5O2S. The molecule has 2 N–H and O–H groups in total. The largest absolute Gasteiger partial charge is 0.507 e. The lowest BCUT2D eigenvalue weighted by Gasteiger charge is -2.10. The van der Waals surface area contributed by atoms with Gasteiger partial charge in [0.15, 0.2) is 11.0 Å². The first-order chi connectivity index (χ1) is 16.0. The Morgan fingerprint density at radius 1 is 1.12 bits per heavy atom. The van der Waals surface area contributed by atoms with Crippen LogP contribution in [0.4, 0.5) is 0 Å². The molecule has 1 heterocycles. The van der Waals surface area contributed by atoms with Gasteiger partial charge in [-0.3, -0.25) is 9.36 Å². The molecule has 0 atom stereocenters. The van der Waals surface area contributed by atoms with Crippen LogP contribution in [0.5, 0.6) is 5.75 Å². The fourth-order valence-electron chi connectivity index (χ4n) is 2.95. The molecule has 0 bridgehead atoms. The molecule has 0 aliphatic rings. The maximum atomic E-state index is 12.3. The number of nitrogens with one attached hydrogen (secondary N) is 1. The average molecular weight is 543 g/mol. The number of thioether (sulfide) groups is 1. The first-order valence-corrected chi connectivity index (χ1v) is 11.9. The summed E-state index contributed by atoms with van der Waals surface area (Å²) < 4.78 is 2.84. The van der Waals surface area contributed by atoms with Gasteiger partial charge >= 0.3 is 0 Å². The third-order valence-electron chi connectivity index (χ3n) is 4.45. The second kappa shape index (κ2) is 10.7. The number of hydrazone groups is 1. The molecule has 4 rings (SSSR count). The molecule has 0 unspecified atom stereocenters. The van der Waals surface area contributed by atoms with Crippen LogP contribution in [0.2, 0.25) is 5.02 Å². The Morgan fingerprint density at radius 2 is 1.94 bits per heavy atom. The molecule has 0 aliphatic heterocycles. The van der Waals surface area contributed by atoms with Gasteiger partial charge in [-0.05, 0) is 42.5 Å². The summed E-state index contributed by atoms with van der Waals surface area (Å²) >= 11 is 10.7. The highest BCUT2D eigenvalue weighted by Gasteiger charge is 2.17. The van der Waals surface area contributed by atoms with Crippen molar-refractivity contribution in [3.05, 3.63) is 87.9 Å². The van der Waals surface area contributed by atoms with Gasteiger partial charge in [0.05, 0.1) is 12.0 Å². The molecule has 1 amide bonds. The SMILES string of the molecule is O=C(CSc1nnc(-c2cccc(Br)c2)n1-c1ccccc1)N/N=C/c1cc(Cl)ccc1O. The van der Waals surface area contributed by atoms with Gasteiger partial charge in [0.2, 0.25) is 0 Å². The van der Waals surface area contributed by atoms with Crippen molar-refractivity contribution in [2.24, 2.45) is 5.10 Å². The van der Waals surface area contributed by atoms with Crippen LogP contribution >= 0.6 is 39.3 Å². The lowest BCUT2D eigenvalue weighted by Crippen LogP contribution is -2.20. The number of rotatable bonds is 7. The number of hydrogen-bond acceptors (Lipinski definition) is 6. The van der Waals surface area contributed by atoms with E-state index in [0.717, 1.165) is 15.7 Å². The van der Waals surface area contributed by atoms with E-state index in [1.54, 1.807) is 12.1 Å². The highest BCUT2D eigenvalue weighted by Crippen LogP contribution is 2.29. The van der Waals surface area contributed by atoms with E-state index >= 15 is 0 Å². The van der Waals surface area contributed by atoms with E-state index in [2.05, 4.69) is 36.7 Å². The molecule has 0 radical (unpaired) electrons. The van der Waals surface area contributed by atoms with Gasteiger partial charge in [-0.2, -0.15) is 5.10 Å². The van der Waals surface area contributed by atoms with Gasteiger partial charge in [-0.1, -0.05) is 69.6 Å². The number of phenolic OH excluding ortho intramolecular Hbond substituents is 1. The van der Waals surface area contributed by atoms with Crippen LogP contribution in [-0.2, 0) is 4.79 Å². The monoisotopic (exact) mass is 541 g/mol. The molecule has 166 valence electrons. The molecule has 33 heavy (non-hydrogen) atoms. The van der Waals surface area contributed by atoms with Crippen LogP contribution in [0.15, 0.2) is 87.5 Å². The normalized spacial score (nSPS) is 11.1. The van der Waals surface area contributed by atoms with Gasteiger partial charge < -0.3 is 5.11 Å². The lowest BCUT2D eigenvalue weighted by atomic mass is 10.2. The van der Waals surface area contributed by atoms with Gasteiger partial charge in [0.25, 0.3) is 5.91 Å². The number of aromatic hydroxyl groups is 1. The first-order valence-electron chi connectivity index (χ1n) is 9.71. The maximum Gasteiger partial charge on any atom is 0.250 e. The van der Waals surface area contributed by atoms with Crippen molar-refractivity contribution in [2.45, 2.75) is 5.16 Å². The number of benzene rings is 3.